The molecule has 0 aromatic heterocycles. The molecule has 1 heterocycles. The number of carbonyl (C=O) groups is 1. The van der Waals surface area contributed by atoms with Gasteiger partial charge in [0.1, 0.15) is 0 Å². The van der Waals surface area contributed by atoms with Crippen molar-refractivity contribution in [3.8, 4) is 0 Å². The van der Waals surface area contributed by atoms with Crippen molar-refractivity contribution < 1.29 is 4.79 Å². The molecule has 4 nitrogen and oxygen atoms in total. The minimum absolute atomic E-state index is 0.0401. The van der Waals surface area contributed by atoms with Crippen molar-refractivity contribution in [2.24, 2.45) is 5.92 Å². The Morgan fingerprint density at radius 1 is 1.35 bits per heavy atom. The van der Waals surface area contributed by atoms with Gasteiger partial charge in [-0.25, -0.2) is 4.79 Å². The molecule has 0 saturated carbocycles. The van der Waals surface area contributed by atoms with Gasteiger partial charge in [-0.3, -0.25) is 0 Å². The summed E-state index contributed by atoms with van der Waals surface area (Å²) in [7, 11) is 0. The lowest BCUT2D eigenvalue weighted by molar-refractivity contribution is 0.139. The number of hydrogen-bond donors (Lipinski definition) is 2. The molecule has 1 fully saturated rings. The van der Waals surface area contributed by atoms with Crippen molar-refractivity contribution >= 4 is 6.03 Å². The van der Waals surface area contributed by atoms with E-state index in [0.29, 0.717) is 12.0 Å². The Balaban J connectivity index is 2.25. The highest BCUT2D eigenvalue weighted by molar-refractivity contribution is 5.74. The number of nitrogens with zero attached hydrogens (tertiary/aromatic N) is 1. The first kappa shape index (κ1) is 14.3. The molecule has 1 atom stereocenters. The van der Waals surface area contributed by atoms with Crippen LogP contribution in [0, 0.1) is 5.92 Å². The van der Waals surface area contributed by atoms with Gasteiger partial charge in [-0.2, -0.15) is 0 Å². The number of likely N-dealkylation sites (tertiary alicyclic amines) is 1. The van der Waals surface area contributed by atoms with Crippen LogP contribution in [0.4, 0.5) is 4.79 Å². The summed E-state index contributed by atoms with van der Waals surface area (Å²) in [6.45, 7) is 11.5. The Morgan fingerprint density at radius 2 is 2.06 bits per heavy atom. The number of nitrogens with one attached hydrogen (secondary N) is 2. The standard InChI is InChI=1S/C13H27N3O/c1-10(2)15-13(17)14-8-12-6-5-7-16(9-12)11(3)4/h10-12H,5-9H2,1-4H3,(H2,14,15,17). The van der Waals surface area contributed by atoms with Crippen LogP contribution in [-0.2, 0) is 0 Å². The molecule has 100 valence electrons. The van der Waals surface area contributed by atoms with Gasteiger partial charge in [-0.15, -0.1) is 0 Å². The fourth-order valence-electron chi connectivity index (χ4n) is 2.28. The molecule has 0 spiro atoms. The average molecular weight is 241 g/mol. The lowest BCUT2D eigenvalue weighted by atomic mass is 9.97. The van der Waals surface area contributed by atoms with Gasteiger partial charge >= 0.3 is 6.03 Å². The molecule has 2 N–H and O–H groups in total. The highest BCUT2D eigenvalue weighted by Gasteiger charge is 2.21. The van der Waals surface area contributed by atoms with Gasteiger partial charge in [-0.1, -0.05) is 0 Å². The van der Waals surface area contributed by atoms with E-state index in [4.69, 9.17) is 0 Å². The van der Waals surface area contributed by atoms with E-state index in [9.17, 15) is 4.79 Å². The fraction of sp³-hybridized carbons (Fsp3) is 0.923. The molecule has 17 heavy (non-hydrogen) atoms. The molecule has 0 aromatic rings. The van der Waals surface area contributed by atoms with E-state index in [1.54, 1.807) is 0 Å². The quantitative estimate of drug-likeness (QED) is 0.788. The highest BCUT2D eigenvalue weighted by atomic mass is 16.2. The highest BCUT2D eigenvalue weighted by Crippen LogP contribution is 2.17. The van der Waals surface area contributed by atoms with Gasteiger partial charge in [-0.05, 0) is 53.0 Å². The zero-order valence-electron chi connectivity index (χ0n) is 11.6. The van der Waals surface area contributed by atoms with E-state index in [-0.39, 0.29) is 12.1 Å². The smallest absolute Gasteiger partial charge is 0.314 e. The molecule has 0 aromatic carbocycles. The van der Waals surface area contributed by atoms with Gasteiger partial charge in [0.15, 0.2) is 0 Å². The molecule has 1 saturated heterocycles. The minimum Gasteiger partial charge on any atom is -0.338 e. The lowest BCUT2D eigenvalue weighted by Gasteiger charge is -2.35. The van der Waals surface area contributed by atoms with Crippen LogP contribution >= 0.6 is 0 Å². The van der Waals surface area contributed by atoms with E-state index < -0.39 is 0 Å². The second kappa shape index (κ2) is 6.84. The number of amides is 2. The molecule has 2 amide bonds. The van der Waals surface area contributed by atoms with Crippen LogP contribution in [0.5, 0.6) is 0 Å². The third kappa shape index (κ3) is 5.39. The van der Waals surface area contributed by atoms with E-state index in [0.717, 1.165) is 13.1 Å². The van der Waals surface area contributed by atoms with Crippen molar-refractivity contribution in [1.82, 2.24) is 15.5 Å². The van der Waals surface area contributed by atoms with Gasteiger partial charge in [0.2, 0.25) is 0 Å². The largest absolute Gasteiger partial charge is 0.338 e. The Hall–Kier alpha value is -0.770. The summed E-state index contributed by atoms with van der Waals surface area (Å²) in [4.78, 5) is 14.0. The Labute approximate surface area is 105 Å². The summed E-state index contributed by atoms with van der Waals surface area (Å²) >= 11 is 0. The number of urea groups is 1. The maximum Gasteiger partial charge on any atom is 0.314 e. The van der Waals surface area contributed by atoms with Crippen LogP contribution in [0.1, 0.15) is 40.5 Å². The third-order valence-corrected chi connectivity index (χ3v) is 3.25. The van der Waals surface area contributed by atoms with Gasteiger partial charge in [0.25, 0.3) is 0 Å². The maximum absolute atomic E-state index is 11.5. The minimum atomic E-state index is -0.0401. The van der Waals surface area contributed by atoms with Crippen LogP contribution in [0.25, 0.3) is 0 Å². The Bertz CT molecular complexity index is 241. The Morgan fingerprint density at radius 3 is 2.65 bits per heavy atom. The first-order valence-corrected chi connectivity index (χ1v) is 6.77. The number of carbonyl (C=O) groups excluding carboxylic acids is 1. The summed E-state index contributed by atoms with van der Waals surface area (Å²) in [6, 6.07) is 0.775. The van der Waals surface area contributed by atoms with Gasteiger partial charge in [0.05, 0.1) is 0 Å². The second-order valence-corrected chi connectivity index (χ2v) is 5.61. The molecule has 0 aliphatic carbocycles. The topological polar surface area (TPSA) is 44.4 Å². The summed E-state index contributed by atoms with van der Waals surface area (Å²) < 4.78 is 0. The predicted octanol–water partition coefficient (Wildman–Crippen LogP) is 1.81. The van der Waals surface area contributed by atoms with Crippen molar-refractivity contribution in [3.05, 3.63) is 0 Å². The zero-order valence-corrected chi connectivity index (χ0v) is 11.6. The summed E-state index contributed by atoms with van der Waals surface area (Å²) in [6.07, 6.45) is 2.47. The SMILES string of the molecule is CC(C)NC(=O)NCC1CCCN(C(C)C)C1. The molecule has 4 heteroatoms. The van der Waals surface area contributed by atoms with Crippen LogP contribution in [0.3, 0.4) is 0 Å². The van der Waals surface area contributed by atoms with Crippen molar-refractivity contribution in [2.45, 2.75) is 52.6 Å². The number of piperidine rings is 1. The summed E-state index contributed by atoms with van der Waals surface area (Å²) in [5.74, 6) is 0.601. The molecular formula is C13H27N3O. The average Bonchev–Trinajstić information content (AvgIpc) is 2.26. The van der Waals surface area contributed by atoms with E-state index in [1.807, 2.05) is 13.8 Å². The molecular weight excluding hydrogens is 214 g/mol. The summed E-state index contributed by atoms with van der Waals surface area (Å²) in [5.41, 5.74) is 0. The Kier molecular flexibility index (Phi) is 5.75. The second-order valence-electron chi connectivity index (χ2n) is 5.61. The van der Waals surface area contributed by atoms with Crippen LogP contribution in [0.15, 0.2) is 0 Å². The molecule has 1 rings (SSSR count). The van der Waals surface area contributed by atoms with E-state index >= 15 is 0 Å². The molecule has 1 aliphatic rings. The number of rotatable bonds is 4. The van der Waals surface area contributed by atoms with E-state index in [2.05, 4.69) is 29.4 Å². The fourth-order valence-corrected chi connectivity index (χ4v) is 2.28. The van der Waals surface area contributed by atoms with Crippen LogP contribution in [-0.4, -0.2) is 42.6 Å². The van der Waals surface area contributed by atoms with Gasteiger partial charge in [0, 0.05) is 25.2 Å². The molecule has 1 aliphatic heterocycles. The zero-order chi connectivity index (χ0) is 12.8. The molecule has 0 bridgehead atoms. The van der Waals surface area contributed by atoms with Crippen molar-refractivity contribution in [3.63, 3.8) is 0 Å². The van der Waals surface area contributed by atoms with Crippen LogP contribution in [0.2, 0.25) is 0 Å². The molecule has 0 radical (unpaired) electrons. The lowest BCUT2D eigenvalue weighted by Crippen LogP contribution is -2.46. The monoisotopic (exact) mass is 241 g/mol. The maximum atomic E-state index is 11.5. The molecule has 1 unspecified atom stereocenters. The predicted molar refractivity (Wildman–Crippen MR) is 71.1 cm³/mol. The normalized spacial score (nSPS) is 21.9. The van der Waals surface area contributed by atoms with E-state index in [1.165, 1.54) is 19.4 Å². The summed E-state index contributed by atoms with van der Waals surface area (Å²) in [5, 5.41) is 5.82. The first-order valence-electron chi connectivity index (χ1n) is 6.77. The van der Waals surface area contributed by atoms with Crippen LogP contribution < -0.4 is 10.6 Å². The van der Waals surface area contributed by atoms with Gasteiger partial charge < -0.3 is 15.5 Å². The third-order valence-electron chi connectivity index (χ3n) is 3.25. The number of hydrogen-bond acceptors (Lipinski definition) is 2. The van der Waals surface area contributed by atoms with Crippen molar-refractivity contribution in [1.29, 1.82) is 0 Å². The van der Waals surface area contributed by atoms with Crippen molar-refractivity contribution in [2.75, 3.05) is 19.6 Å². The first-order chi connectivity index (χ1) is 7.99.